The first-order chi connectivity index (χ1) is 11.2. The summed E-state index contributed by atoms with van der Waals surface area (Å²) in [6, 6.07) is 7.27. The van der Waals surface area contributed by atoms with Gasteiger partial charge >= 0.3 is 5.97 Å². The zero-order valence-electron chi connectivity index (χ0n) is 12.7. The van der Waals surface area contributed by atoms with Crippen LogP contribution in [0.25, 0.3) is 0 Å². The topological polar surface area (TPSA) is 71.5 Å². The normalized spacial score (nSPS) is 17.1. The van der Waals surface area contributed by atoms with Gasteiger partial charge in [-0.25, -0.2) is 4.79 Å². The Hall–Kier alpha value is -2.41. The van der Waals surface area contributed by atoms with Gasteiger partial charge in [0, 0.05) is 25.3 Å². The van der Waals surface area contributed by atoms with Gasteiger partial charge in [0.05, 0.1) is 23.9 Å². The lowest BCUT2D eigenvalue weighted by atomic mass is 10.2. The van der Waals surface area contributed by atoms with Crippen LogP contribution in [0.15, 0.2) is 36.7 Å². The fraction of sp³-hybridized carbons (Fsp3) is 0.312. The molecule has 0 saturated carbocycles. The molecule has 1 aliphatic rings. The number of carbonyl (C=O) groups is 2. The average Bonchev–Trinajstić information content (AvgIpc) is 3.24. The molecule has 0 bridgehead atoms. The number of carbonyl (C=O) groups excluding carboxylic acids is 2. The number of thiophene rings is 1. The molecule has 0 aliphatic carbocycles. The molecule has 1 aliphatic heterocycles. The zero-order valence-corrected chi connectivity index (χ0v) is 13.5. The second kappa shape index (κ2) is 6.78. The maximum Gasteiger partial charge on any atom is 0.348 e. The van der Waals surface area contributed by atoms with Crippen LogP contribution in [0.4, 0.5) is 5.69 Å². The highest BCUT2D eigenvalue weighted by atomic mass is 32.1. The van der Waals surface area contributed by atoms with E-state index in [4.69, 9.17) is 0 Å². The maximum atomic E-state index is 12.3. The summed E-state index contributed by atoms with van der Waals surface area (Å²) < 4.78 is 4.65. The van der Waals surface area contributed by atoms with Crippen LogP contribution in [-0.2, 0) is 4.74 Å². The average molecular weight is 331 g/mol. The van der Waals surface area contributed by atoms with E-state index in [1.807, 2.05) is 18.3 Å². The maximum absolute atomic E-state index is 12.3. The predicted molar refractivity (Wildman–Crippen MR) is 88.0 cm³/mol. The lowest BCUT2D eigenvalue weighted by Gasteiger charge is -2.18. The van der Waals surface area contributed by atoms with Gasteiger partial charge in [-0.05, 0) is 30.7 Å². The fourth-order valence-electron chi connectivity index (χ4n) is 2.58. The smallest absolute Gasteiger partial charge is 0.348 e. The minimum Gasteiger partial charge on any atom is -0.465 e. The molecule has 1 amide bonds. The fourth-order valence-corrected chi connectivity index (χ4v) is 3.41. The molecule has 1 atom stereocenters. The number of pyridine rings is 1. The highest BCUT2D eigenvalue weighted by Gasteiger charge is 2.25. The van der Waals surface area contributed by atoms with Gasteiger partial charge in [0.25, 0.3) is 5.91 Å². The van der Waals surface area contributed by atoms with E-state index < -0.39 is 5.97 Å². The minimum atomic E-state index is -0.419. The van der Waals surface area contributed by atoms with E-state index in [-0.39, 0.29) is 11.9 Å². The molecule has 0 aromatic carbocycles. The van der Waals surface area contributed by atoms with Gasteiger partial charge in [0.1, 0.15) is 4.88 Å². The number of methoxy groups -OCH3 is 1. The number of aromatic nitrogens is 1. The largest absolute Gasteiger partial charge is 0.465 e. The highest BCUT2D eigenvalue weighted by Crippen LogP contribution is 2.21. The van der Waals surface area contributed by atoms with E-state index in [2.05, 4.69) is 19.9 Å². The third-order valence-corrected chi connectivity index (χ3v) is 4.81. The Morgan fingerprint density at radius 1 is 1.35 bits per heavy atom. The van der Waals surface area contributed by atoms with E-state index in [1.165, 1.54) is 7.11 Å². The molecule has 120 valence electrons. The van der Waals surface area contributed by atoms with Crippen molar-refractivity contribution in [1.29, 1.82) is 0 Å². The molecule has 0 spiro atoms. The van der Waals surface area contributed by atoms with E-state index in [9.17, 15) is 9.59 Å². The number of amides is 1. The molecule has 2 aromatic heterocycles. The molecule has 6 nitrogen and oxygen atoms in total. The van der Waals surface area contributed by atoms with Crippen LogP contribution >= 0.6 is 11.3 Å². The highest BCUT2D eigenvalue weighted by molar-refractivity contribution is 7.15. The number of hydrogen-bond acceptors (Lipinski definition) is 6. The summed E-state index contributed by atoms with van der Waals surface area (Å²) in [5.74, 6) is -0.569. The quantitative estimate of drug-likeness (QED) is 0.867. The van der Waals surface area contributed by atoms with Crippen molar-refractivity contribution in [2.45, 2.75) is 12.5 Å². The van der Waals surface area contributed by atoms with Gasteiger partial charge in [-0.2, -0.15) is 0 Å². The summed E-state index contributed by atoms with van der Waals surface area (Å²) in [6.45, 7) is 1.64. The molecular formula is C16H17N3O3S. The molecule has 3 heterocycles. The summed E-state index contributed by atoms with van der Waals surface area (Å²) in [5, 5.41) is 3.02. The molecule has 3 rings (SSSR count). The number of nitrogens with zero attached hydrogens (tertiary/aromatic N) is 2. The molecule has 1 saturated heterocycles. The second-order valence-corrected chi connectivity index (χ2v) is 6.36. The first kappa shape index (κ1) is 15.5. The Bertz CT molecular complexity index is 702. The Morgan fingerprint density at radius 2 is 2.17 bits per heavy atom. The number of rotatable bonds is 4. The Balaban J connectivity index is 1.59. The van der Waals surface area contributed by atoms with Crippen molar-refractivity contribution in [2.24, 2.45) is 0 Å². The van der Waals surface area contributed by atoms with Crippen molar-refractivity contribution in [3.63, 3.8) is 0 Å². The molecule has 0 radical (unpaired) electrons. The number of hydrogen-bond donors (Lipinski definition) is 1. The third kappa shape index (κ3) is 3.50. The third-order valence-electron chi connectivity index (χ3n) is 3.75. The van der Waals surface area contributed by atoms with Gasteiger partial charge in [-0.3, -0.25) is 9.78 Å². The zero-order chi connectivity index (χ0) is 16.2. The van der Waals surface area contributed by atoms with Crippen molar-refractivity contribution in [1.82, 2.24) is 10.3 Å². The van der Waals surface area contributed by atoms with Crippen LogP contribution in [0.1, 0.15) is 25.8 Å². The van der Waals surface area contributed by atoms with E-state index in [0.29, 0.717) is 9.75 Å². The van der Waals surface area contributed by atoms with Gasteiger partial charge in [0.15, 0.2) is 0 Å². The number of esters is 1. The lowest BCUT2D eigenvalue weighted by molar-refractivity contribution is 0.0606. The molecular weight excluding hydrogens is 314 g/mol. The van der Waals surface area contributed by atoms with E-state index in [1.54, 1.807) is 18.3 Å². The first-order valence-corrected chi connectivity index (χ1v) is 8.13. The summed E-state index contributed by atoms with van der Waals surface area (Å²) in [7, 11) is 1.33. The van der Waals surface area contributed by atoms with Crippen molar-refractivity contribution >= 4 is 28.9 Å². The van der Waals surface area contributed by atoms with Crippen LogP contribution in [-0.4, -0.2) is 43.1 Å². The van der Waals surface area contributed by atoms with Crippen molar-refractivity contribution < 1.29 is 14.3 Å². The Labute approximate surface area is 138 Å². The van der Waals surface area contributed by atoms with Crippen LogP contribution < -0.4 is 10.2 Å². The van der Waals surface area contributed by atoms with Crippen LogP contribution in [0.2, 0.25) is 0 Å². The predicted octanol–water partition coefficient (Wildman–Crippen LogP) is 1.94. The van der Waals surface area contributed by atoms with E-state index in [0.717, 1.165) is 36.5 Å². The van der Waals surface area contributed by atoms with Crippen molar-refractivity contribution in [3.05, 3.63) is 46.4 Å². The minimum absolute atomic E-state index is 0.0892. The molecule has 1 fully saturated rings. The van der Waals surface area contributed by atoms with Gasteiger partial charge in [-0.1, -0.05) is 0 Å². The number of nitrogens with one attached hydrogen (secondary N) is 1. The number of anilines is 1. The summed E-state index contributed by atoms with van der Waals surface area (Å²) in [6.07, 6.45) is 4.45. The van der Waals surface area contributed by atoms with Crippen LogP contribution in [0.3, 0.4) is 0 Å². The van der Waals surface area contributed by atoms with E-state index >= 15 is 0 Å². The Kier molecular flexibility index (Phi) is 4.57. The molecule has 0 unspecified atom stereocenters. The monoisotopic (exact) mass is 331 g/mol. The lowest BCUT2D eigenvalue weighted by Crippen LogP contribution is -2.36. The van der Waals surface area contributed by atoms with Crippen molar-refractivity contribution in [2.75, 3.05) is 25.1 Å². The molecule has 1 N–H and O–H groups in total. The summed E-state index contributed by atoms with van der Waals surface area (Å²) >= 11 is 1.14. The summed E-state index contributed by atoms with van der Waals surface area (Å²) in [5.41, 5.74) is 1.06. The standard InChI is InChI=1S/C16H17N3O3S/c1-22-16(21)14-5-4-13(23-14)15(20)18-11-6-8-19(10-11)12-3-2-7-17-9-12/h2-5,7,9,11H,6,8,10H2,1H3,(H,18,20)/t11-/m0/s1. The van der Waals surface area contributed by atoms with Gasteiger partial charge < -0.3 is 15.0 Å². The first-order valence-electron chi connectivity index (χ1n) is 7.31. The molecule has 7 heteroatoms. The van der Waals surface area contributed by atoms with Gasteiger partial charge in [-0.15, -0.1) is 11.3 Å². The Morgan fingerprint density at radius 3 is 2.91 bits per heavy atom. The molecule has 23 heavy (non-hydrogen) atoms. The number of ether oxygens (including phenoxy) is 1. The van der Waals surface area contributed by atoms with Crippen LogP contribution in [0.5, 0.6) is 0 Å². The van der Waals surface area contributed by atoms with Crippen LogP contribution in [0, 0.1) is 0 Å². The SMILES string of the molecule is COC(=O)c1ccc(C(=O)N[C@H]2CCN(c3cccnc3)C2)s1. The van der Waals surface area contributed by atoms with Gasteiger partial charge in [0.2, 0.25) is 0 Å². The van der Waals surface area contributed by atoms with Crippen molar-refractivity contribution in [3.8, 4) is 0 Å². The summed E-state index contributed by atoms with van der Waals surface area (Å²) in [4.78, 5) is 31.0. The second-order valence-electron chi connectivity index (χ2n) is 5.27. The molecule has 2 aromatic rings.